The number of aromatic nitrogens is 5. The zero-order valence-corrected chi connectivity index (χ0v) is 13.3. The standard InChI is InChI=1S/C15H19N7O/c1-21(2)13(11-5-4-6-12(9-11)23-3)10-16-14-7-8-15-17-19-20-22(15)18-14/h4-9,13H,10H2,1-3H3,(H,16,18)/t13-/m1/s1. The van der Waals surface area contributed by atoms with Gasteiger partial charge in [-0.1, -0.05) is 12.1 Å². The van der Waals surface area contributed by atoms with Gasteiger partial charge in [-0.3, -0.25) is 0 Å². The lowest BCUT2D eigenvalue weighted by molar-refractivity contribution is 0.310. The van der Waals surface area contributed by atoms with E-state index < -0.39 is 0 Å². The Kier molecular flexibility index (Phi) is 4.33. The molecule has 0 amide bonds. The molecule has 0 saturated carbocycles. The fraction of sp³-hybridized carbons (Fsp3) is 0.333. The molecule has 0 aliphatic heterocycles. The monoisotopic (exact) mass is 313 g/mol. The molecule has 0 saturated heterocycles. The molecule has 0 bridgehead atoms. The van der Waals surface area contributed by atoms with Gasteiger partial charge in [0.05, 0.1) is 13.2 Å². The Morgan fingerprint density at radius 3 is 2.91 bits per heavy atom. The van der Waals surface area contributed by atoms with Crippen molar-refractivity contribution in [3.8, 4) is 5.75 Å². The Labute approximate surface area is 134 Å². The number of benzene rings is 1. The Bertz CT molecular complexity index is 786. The topological polar surface area (TPSA) is 80.5 Å². The summed E-state index contributed by atoms with van der Waals surface area (Å²) in [5, 5.41) is 18.9. The highest BCUT2D eigenvalue weighted by molar-refractivity contribution is 5.42. The molecule has 0 aliphatic rings. The third-order valence-electron chi connectivity index (χ3n) is 3.65. The number of likely N-dealkylation sites (N-methyl/N-ethyl adjacent to an activating group) is 1. The van der Waals surface area contributed by atoms with Crippen molar-refractivity contribution in [3.05, 3.63) is 42.0 Å². The number of tetrazole rings is 1. The molecule has 23 heavy (non-hydrogen) atoms. The summed E-state index contributed by atoms with van der Waals surface area (Å²) in [4.78, 5) is 2.15. The number of anilines is 1. The predicted molar refractivity (Wildman–Crippen MR) is 86.5 cm³/mol. The van der Waals surface area contributed by atoms with E-state index in [0.717, 1.165) is 11.6 Å². The van der Waals surface area contributed by atoms with Crippen molar-refractivity contribution < 1.29 is 4.74 Å². The van der Waals surface area contributed by atoms with E-state index in [1.54, 1.807) is 7.11 Å². The Morgan fingerprint density at radius 1 is 1.26 bits per heavy atom. The van der Waals surface area contributed by atoms with Crippen LogP contribution in [-0.2, 0) is 0 Å². The Balaban J connectivity index is 1.76. The molecule has 0 spiro atoms. The van der Waals surface area contributed by atoms with Crippen LogP contribution in [0.3, 0.4) is 0 Å². The highest BCUT2D eigenvalue weighted by Crippen LogP contribution is 2.23. The Hall–Kier alpha value is -2.74. The number of ether oxygens (including phenoxy) is 1. The smallest absolute Gasteiger partial charge is 0.200 e. The van der Waals surface area contributed by atoms with Crippen molar-refractivity contribution in [2.24, 2.45) is 0 Å². The van der Waals surface area contributed by atoms with Gasteiger partial charge < -0.3 is 15.0 Å². The summed E-state index contributed by atoms with van der Waals surface area (Å²) in [5.41, 5.74) is 1.79. The number of fused-ring (bicyclic) bond motifs is 1. The highest BCUT2D eigenvalue weighted by Gasteiger charge is 2.15. The molecule has 0 aliphatic carbocycles. The number of rotatable bonds is 6. The summed E-state index contributed by atoms with van der Waals surface area (Å²) < 4.78 is 6.71. The first kappa shape index (κ1) is 15.2. The van der Waals surface area contributed by atoms with E-state index in [9.17, 15) is 0 Å². The molecular formula is C15H19N7O. The van der Waals surface area contributed by atoms with Gasteiger partial charge in [0.1, 0.15) is 11.6 Å². The number of nitrogens with one attached hydrogen (secondary N) is 1. The number of methoxy groups -OCH3 is 1. The minimum atomic E-state index is 0.177. The lowest BCUT2D eigenvalue weighted by atomic mass is 10.1. The SMILES string of the molecule is COc1cccc([C@@H](CNc2ccc3nnnn3n2)N(C)C)c1. The zero-order valence-electron chi connectivity index (χ0n) is 13.3. The van der Waals surface area contributed by atoms with Crippen LogP contribution in [0, 0.1) is 0 Å². The summed E-state index contributed by atoms with van der Waals surface area (Å²) in [6, 6.07) is 11.9. The molecular weight excluding hydrogens is 294 g/mol. The maximum atomic E-state index is 5.31. The van der Waals surface area contributed by atoms with Gasteiger partial charge in [-0.05, 0) is 54.4 Å². The van der Waals surface area contributed by atoms with Gasteiger partial charge >= 0.3 is 0 Å². The first-order valence-corrected chi connectivity index (χ1v) is 7.27. The van der Waals surface area contributed by atoms with Crippen LogP contribution in [0.2, 0.25) is 0 Å². The van der Waals surface area contributed by atoms with E-state index in [1.165, 1.54) is 10.2 Å². The summed E-state index contributed by atoms with van der Waals surface area (Å²) >= 11 is 0. The van der Waals surface area contributed by atoms with Gasteiger partial charge in [0, 0.05) is 6.54 Å². The van der Waals surface area contributed by atoms with E-state index in [1.807, 2.05) is 44.4 Å². The minimum Gasteiger partial charge on any atom is -0.497 e. The molecule has 0 radical (unpaired) electrons. The molecule has 0 unspecified atom stereocenters. The van der Waals surface area contributed by atoms with Crippen LogP contribution in [0.5, 0.6) is 5.75 Å². The van der Waals surface area contributed by atoms with Crippen LogP contribution >= 0.6 is 0 Å². The summed E-state index contributed by atoms with van der Waals surface area (Å²) in [7, 11) is 5.76. The molecule has 120 valence electrons. The van der Waals surface area contributed by atoms with Crippen LogP contribution in [0.25, 0.3) is 5.65 Å². The van der Waals surface area contributed by atoms with E-state index in [0.29, 0.717) is 12.2 Å². The maximum absolute atomic E-state index is 5.31. The van der Waals surface area contributed by atoms with E-state index >= 15 is 0 Å². The van der Waals surface area contributed by atoms with Crippen molar-refractivity contribution >= 4 is 11.5 Å². The second-order valence-electron chi connectivity index (χ2n) is 5.38. The Morgan fingerprint density at radius 2 is 2.13 bits per heavy atom. The largest absolute Gasteiger partial charge is 0.497 e. The van der Waals surface area contributed by atoms with Crippen LogP contribution in [0.4, 0.5) is 5.82 Å². The number of nitrogens with zero attached hydrogens (tertiary/aromatic N) is 6. The van der Waals surface area contributed by atoms with Gasteiger partial charge in [-0.15, -0.1) is 14.8 Å². The third-order valence-corrected chi connectivity index (χ3v) is 3.65. The molecule has 0 fully saturated rings. The maximum Gasteiger partial charge on any atom is 0.200 e. The zero-order chi connectivity index (χ0) is 16.2. The fourth-order valence-corrected chi connectivity index (χ4v) is 2.39. The average Bonchev–Trinajstić information content (AvgIpc) is 3.02. The first-order valence-electron chi connectivity index (χ1n) is 7.27. The lowest BCUT2D eigenvalue weighted by Crippen LogP contribution is -2.27. The molecule has 8 heteroatoms. The molecule has 8 nitrogen and oxygen atoms in total. The molecule has 1 atom stereocenters. The molecule has 2 aromatic heterocycles. The molecule has 2 heterocycles. The molecule has 1 N–H and O–H groups in total. The third kappa shape index (κ3) is 3.37. The van der Waals surface area contributed by atoms with Crippen molar-refractivity contribution in [1.29, 1.82) is 0 Å². The van der Waals surface area contributed by atoms with Gasteiger partial charge in [0.15, 0.2) is 5.65 Å². The van der Waals surface area contributed by atoms with Crippen LogP contribution in [-0.4, -0.2) is 57.9 Å². The number of hydrogen-bond donors (Lipinski definition) is 1. The van der Waals surface area contributed by atoms with E-state index in [4.69, 9.17) is 4.74 Å². The van der Waals surface area contributed by atoms with Crippen LogP contribution in [0.15, 0.2) is 36.4 Å². The number of hydrogen-bond acceptors (Lipinski definition) is 7. The van der Waals surface area contributed by atoms with E-state index in [-0.39, 0.29) is 6.04 Å². The van der Waals surface area contributed by atoms with Crippen LogP contribution in [0.1, 0.15) is 11.6 Å². The molecule has 1 aromatic carbocycles. The van der Waals surface area contributed by atoms with Crippen molar-refractivity contribution in [3.63, 3.8) is 0 Å². The summed E-state index contributed by atoms with van der Waals surface area (Å²) in [5.74, 6) is 1.57. The second-order valence-corrected chi connectivity index (χ2v) is 5.38. The van der Waals surface area contributed by atoms with Crippen molar-refractivity contribution in [2.45, 2.75) is 6.04 Å². The lowest BCUT2D eigenvalue weighted by Gasteiger charge is -2.25. The first-order chi connectivity index (χ1) is 11.2. The fourth-order valence-electron chi connectivity index (χ4n) is 2.39. The molecule has 3 aromatic rings. The van der Waals surface area contributed by atoms with Gasteiger partial charge in [-0.25, -0.2) is 0 Å². The van der Waals surface area contributed by atoms with Gasteiger partial charge in [0.2, 0.25) is 0 Å². The normalized spacial score (nSPS) is 12.5. The predicted octanol–water partition coefficient (Wildman–Crippen LogP) is 1.24. The van der Waals surface area contributed by atoms with Crippen molar-refractivity contribution in [1.82, 2.24) is 30.2 Å². The van der Waals surface area contributed by atoms with E-state index in [2.05, 4.69) is 36.9 Å². The average molecular weight is 313 g/mol. The summed E-state index contributed by atoms with van der Waals surface area (Å²) in [6.45, 7) is 0.695. The second kappa shape index (κ2) is 6.57. The highest BCUT2D eigenvalue weighted by atomic mass is 16.5. The van der Waals surface area contributed by atoms with Gasteiger partial charge in [0.25, 0.3) is 0 Å². The quantitative estimate of drug-likeness (QED) is 0.733. The molecule has 3 rings (SSSR count). The van der Waals surface area contributed by atoms with Crippen molar-refractivity contribution in [2.75, 3.05) is 33.1 Å². The summed E-state index contributed by atoms with van der Waals surface area (Å²) in [6.07, 6.45) is 0. The minimum absolute atomic E-state index is 0.177. The van der Waals surface area contributed by atoms with Gasteiger partial charge in [-0.2, -0.15) is 0 Å². The van der Waals surface area contributed by atoms with Crippen LogP contribution < -0.4 is 10.1 Å².